The van der Waals surface area contributed by atoms with E-state index >= 15 is 0 Å². The predicted octanol–water partition coefficient (Wildman–Crippen LogP) is 4.83. The van der Waals surface area contributed by atoms with Crippen LogP contribution in [0.4, 0.5) is 18.9 Å². The molecule has 2 aromatic carbocycles. The summed E-state index contributed by atoms with van der Waals surface area (Å²) in [5.74, 6) is -0.184. The molecule has 0 N–H and O–H groups in total. The first-order valence-electron chi connectivity index (χ1n) is 9.46. The fraction of sp³-hybridized carbons (Fsp3) is 0.182. The molecular weight excluding hydrogens is 443 g/mol. The van der Waals surface area contributed by atoms with Crippen LogP contribution in [0.5, 0.6) is 11.5 Å². The molecule has 33 heavy (non-hydrogen) atoms. The van der Waals surface area contributed by atoms with Gasteiger partial charge < -0.3 is 9.47 Å². The number of alkyl halides is 3. The van der Waals surface area contributed by atoms with Gasteiger partial charge in [-0.25, -0.2) is 0 Å². The maximum absolute atomic E-state index is 12.9. The lowest BCUT2D eigenvalue weighted by Crippen LogP contribution is -2.05. The first-order valence-corrected chi connectivity index (χ1v) is 9.46. The minimum atomic E-state index is -4.49. The second-order valence-electron chi connectivity index (χ2n) is 6.88. The fourth-order valence-corrected chi connectivity index (χ4v) is 2.97. The van der Waals surface area contributed by atoms with E-state index in [-0.39, 0.29) is 18.1 Å². The molecule has 172 valence electrons. The summed E-state index contributed by atoms with van der Waals surface area (Å²) in [6.07, 6.45) is -0.767. The zero-order chi connectivity index (χ0) is 24.2. The molecule has 1 aromatic heterocycles. The number of allylic oxidation sites excluding steroid dienone is 1. The SMILES string of the molecule is COc1ccc(/C=C/C(=O)c2nn(C)cc2[N+](=O)[O-])cc1COc1cccc(C(F)(F)F)c1. The number of aryl methyl sites for hydroxylation is 1. The molecule has 0 unspecified atom stereocenters. The van der Waals surface area contributed by atoms with Crippen LogP contribution in [0.1, 0.15) is 27.2 Å². The molecule has 0 spiro atoms. The van der Waals surface area contributed by atoms with Crippen molar-refractivity contribution in [3.05, 3.63) is 87.2 Å². The normalized spacial score (nSPS) is 11.5. The second-order valence-corrected chi connectivity index (χ2v) is 6.88. The number of hydrogen-bond acceptors (Lipinski definition) is 6. The third kappa shape index (κ3) is 5.76. The maximum Gasteiger partial charge on any atom is 0.416 e. The number of ketones is 1. The number of halogens is 3. The molecule has 0 aliphatic carbocycles. The Balaban J connectivity index is 1.79. The number of hydrogen-bond donors (Lipinski definition) is 0. The molecule has 1 heterocycles. The average molecular weight is 461 g/mol. The smallest absolute Gasteiger partial charge is 0.416 e. The standard InChI is InChI=1S/C22H18F3N3O5/c1-27-12-18(28(30)31)21(26-27)19(29)8-6-14-7-9-20(32-2)15(10-14)13-33-17-5-3-4-16(11-17)22(23,24)25/h3-12H,13H2,1-2H3/b8-6+. The Kier molecular flexibility index (Phi) is 6.80. The number of rotatable bonds is 8. The Morgan fingerprint density at radius 3 is 2.67 bits per heavy atom. The Labute approximate surface area is 186 Å². The summed E-state index contributed by atoms with van der Waals surface area (Å²) in [5.41, 5.74) is -0.457. The van der Waals surface area contributed by atoms with Gasteiger partial charge in [0.2, 0.25) is 11.5 Å². The highest BCUT2D eigenvalue weighted by molar-refractivity contribution is 6.07. The van der Waals surface area contributed by atoms with E-state index in [1.807, 2.05) is 0 Å². The van der Waals surface area contributed by atoms with E-state index in [0.717, 1.165) is 24.4 Å². The van der Waals surface area contributed by atoms with Crippen molar-refractivity contribution in [1.82, 2.24) is 9.78 Å². The molecule has 0 atom stereocenters. The zero-order valence-corrected chi connectivity index (χ0v) is 17.5. The Morgan fingerprint density at radius 1 is 1.24 bits per heavy atom. The summed E-state index contributed by atoms with van der Waals surface area (Å²) < 4.78 is 50.6. The third-order valence-electron chi connectivity index (χ3n) is 4.53. The van der Waals surface area contributed by atoms with Crippen LogP contribution in [-0.4, -0.2) is 27.6 Å². The van der Waals surface area contributed by atoms with Gasteiger partial charge in [0.1, 0.15) is 24.3 Å². The summed E-state index contributed by atoms with van der Waals surface area (Å²) in [6.45, 7) is -0.0914. The van der Waals surface area contributed by atoms with Gasteiger partial charge in [0.05, 0.1) is 17.6 Å². The highest BCUT2D eigenvalue weighted by Gasteiger charge is 2.30. The fourth-order valence-electron chi connectivity index (χ4n) is 2.97. The van der Waals surface area contributed by atoms with Crippen molar-refractivity contribution in [1.29, 1.82) is 0 Å². The topological polar surface area (TPSA) is 96.5 Å². The summed E-state index contributed by atoms with van der Waals surface area (Å²) >= 11 is 0. The van der Waals surface area contributed by atoms with E-state index in [4.69, 9.17) is 9.47 Å². The second kappa shape index (κ2) is 9.55. The minimum absolute atomic E-state index is 0.0328. The largest absolute Gasteiger partial charge is 0.496 e. The van der Waals surface area contributed by atoms with Crippen molar-refractivity contribution in [3.63, 3.8) is 0 Å². The van der Waals surface area contributed by atoms with E-state index in [1.54, 1.807) is 18.2 Å². The molecule has 8 nitrogen and oxygen atoms in total. The van der Waals surface area contributed by atoms with Crippen molar-refractivity contribution >= 4 is 17.5 Å². The number of methoxy groups -OCH3 is 1. The predicted molar refractivity (Wildman–Crippen MR) is 112 cm³/mol. The lowest BCUT2D eigenvalue weighted by atomic mass is 10.1. The van der Waals surface area contributed by atoms with Gasteiger partial charge in [0, 0.05) is 12.6 Å². The van der Waals surface area contributed by atoms with Gasteiger partial charge in [0.25, 0.3) is 0 Å². The monoisotopic (exact) mass is 461 g/mol. The Hall–Kier alpha value is -4.15. The van der Waals surface area contributed by atoms with Crippen molar-refractivity contribution in [2.45, 2.75) is 12.8 Å². The van der Waals surface area contributed by atoms with E-state index in [2.05, 4.69) is 5.10 Å². The molecule has 11 heteroatoms. The number of ether oxygens (including phenoxy) is 2. The van der Waals surface area contributed by atoms with Gasteiger partial charge in [-0.15, -0.1) is 0 Å². The number of benzene rings is 2. The highest BCUT2D eigenvalue weighted by Crippen LogP contribution is 2.32. The summed E-state index contributed by atoms with van der Waals surface area (Å²) in [5, 5.41) is 14.9. The van der Waals surface area contributed by atoms with Gasteiger partial charge in [-0.2, -0.15) is 18.3 Å². The Bertz CT molecular complexity index is 1220. The van der Waals surface area contributed by atoms with Crippen LogP contribution in [0.2, 0.25) is 0 Å². The van der Waals surface area contributed by atoms with E-state index in [0.29, 0.717) is 16.9 Å². The van der Waals surface area contributed by atoms with Crippen LogP contribution in [0.3, 0.4) is 0 Å². The minimum Gasteiger partial charge on any atom is -0.496 e. The zero-order valence-electron chi connectivity index (χ0n) is 17.5. The number of nitro groups is 1. The van der Waals surface area contributed by atoms with Crippen molar-refractivity contribution < 1.29 is 32.4 Å². The van der Waals surface area contributed by atoms with E-state index < -0.39 is 28.1 Å². The van der Waals surface area contributed by atoms with Gasteiger partial charge in [-0.05, 0) is 42.0 Å². The average Bonchev–Trinajstić information content (AvgIpc) is 3.18. The molecule has 0 radical (unpaired) electrons. The van der Waals surface area contributed by atoms with Gasteiger partial charge in [0.15, 0.2) is 0 Å². The van der Waals surface area contributed by atoms with Crippen LogP contribution in [0, 0.1) is 10.1 Å². The number of nitrogens with zero attached hydrogens (tertiary/aromatic N) is 3. The van der Waals surface area contributed by atoms with Crippen LogP contribution in [0.15, 0.2) is 54.7 Å². The van der Waals surface area contributed by atoms with Crippen LogP contribution < -0.4 is 9.47 Å². The number of aromatic nitrogens is 2. The van der Waals surface area contributed by atoms with Gasteiger partial charge in [-0.1, -0.05) is 18.2 Å². The number of carbonyl (C=O) groups is 1. The molecule has 3 rings (SSSR count). The van der Waals surface area contributed by atoms with Crippen LogP contribution >= 0.6 is 0 Å². The number of carbonyl (C=O) groups excluding carboxylic acids is 1. The van der Waals surface area contributed by atoms with Crippen molar-refractivity contribution in [2.75, 3.05) is 7.11 Å². The molecule has 0 fully saturated rings. The molecule has 0 aliphatic heterocycles. The summed E-state index contributed by atoms with van der Waals surface area (Å²) in [4.78, 5) is 22.8. The first kappa shape index (κ1) is 23.5. The van der Waals surface area contributed by atoms with Gasteiger partial charge >= 0.3 is 11.9 Å². The van der Waals surface area contributed by atoms with Crippen LogP contribution in [-0.2, 0) is 19.8 Å². The van der Waals surface area contributed by atoms with E-state index in [1.165, 1.54) is 37.0 Å². The summed E-state index contributed by atoms with van der Waals surface area (Å²) in [6, 6.07) is 9.38. The quantitative estimate of drug-likeness (QED) is 0.206. The summed E-state index contributed by atoms with van der Waals surface area (Å²) in [7, 11) is 2.90. The van der Waals surface area contributed by atoms with E-state index in [9.17, 15) is 28.1 Å². The highest BCUT2D eigenvalue weighted by atomic mass is 19.4. The molecule has 3 aromatic rings. The molecular formula is C22H18F3N3O5. The first-order chi connectivity index (χ1) is 15.6. The lowest BCUT2D eigenvalue weighted by molar-refractivity contribution is -0.385. The van der Waals surface area contributed by atoms with Crippen molar-refractivity contribution in [3.8, 4) is 11.5 Å². The third-order valence-corrected chi connectivity index (χ3v) is 4.53. The van der Waals surface area contributed by atoms with Crippen molar-refractivity contribution in [2.24, 2.45) is 7.05 Å². The Morgan fingerprint density at radius 2 is 2.00 bits per heavy atom. The lowest BCUT2D eigenvalue weighted by Gasteiger charge is -2.13. The van der Waals surface area contributed by atoms with Gasteiger partial charge in [-0.3, -0.25) is 19.6 Å². The molecule has 0 saturated heterocycles. The van der Waals surface area contributed by atoms with Crippen LogP contribution in [0.25, 0.3) is 6.08 Å². The molecule has 0 saturated carbocycles. The molecule has 0 amide bonds. The molecule has 0 aliphatic rings. The molecule has 0 bridgehead atoms. The maximum atomic E-state index is 12.9.